The van der Waals surface area contributed by atoms with Gasteiger partial charge in [-0.1, -0.05) is 0 Å². The van der Waals surface area contributed by atoms with Gasteiger partial charge in [0, 0.05) is 34.0 Å². The van der Waals surface area contributed by atoms with Crippen molar-refractivity contribution in [1.82, 2.24) is 5.32 Å². The van der Waals surface area contributed by atoms with E-state index in [1.54, 1.807) is 14.2 Å². The molecule has 0 bridgehead atoms. The summed E-state index contributed by atoms with van der Waals surface area (Å²) < 4.78 is 9.79. The average molecular weight is 232 g/mol. The molecule has 0 aromatic heterocycles. The third-order valence-electron chi connectivity index (χ3n) is 2.29. The van der Waals surface area contributed by atoms with E-state index in [1.165, 1.54) is 0 Å². The van der Waals surface area contributed by atoms with Crippen LogP contribution in [0.15, 0.2) is 0 Å². The van der Waals surface area contributed by atoms with Crippen LogP contribution in [0.5, 0.6) is 0 Å². The van der Waals surface area contributed by atoms with Gasteiger partial charge in [0.1, 0.15) is 0 Å². The molecule has 0 aliphatic carbocycles. The van der Waals surface area contributed by atoms with Crippen LogP contribution in [-0.4, -0.2) is 45.9 Å². The number of nitrogens with one attached hydrogen (secondary N) is 1. The molecular formula is C11H24N2O3. The minimum Gasteiger partial charge on any atom is -0.385 e. The number of methoxy groups -OCH3 is 2. The fraction of sp³-hybridized carbons (Fsp3) is 0.909. The molecule has 16 heavy (non-hydrogen) atoms. The summed E-state index contributed by atoms with van der Waals surface area (Å²) in [6.07, 6.45) is 3.61. The quantitative estimate of drug-likeness (QED) is 0.531. The topological polar surface area (TPSA) is 73.6 Å². The van der Waals surface area contributed by atoms with Crippen molar-refractivity contribution in [2.75, 3.05) is 34.0 Å². The van der Waals surface area contributed by atoms with Crippen LogP contribution in [0.1, 0.15) is 25.7 Å². The fourth-order valence-corrected chi connectivity index (χ4v) is 1.27. The molecule has 0 saturated heterocycles. The first-order valence-electron chi connectivity index (χ1n) is 5.73. The first kappa shape index (κ1) is 15.3. The second-order valence-corrected chi connectivity index (χ2v) is 3.73. The van der Waals surface area contributed by atoms with Gasteiger partial charge < -0.3 is 20.5 Å². The van der Waals surface area contributed by atoms with E-state index < -0.39 is 6.04 Å². The summed E-state index contributed by atoms with van der Waals surface area (Å²) in [5.41, 5.74) is 5.65. The number of nitrogens with two attached hydrogens (primary N) is 1. The molecule has 1 atom stereocenters. The lowest BCUT2D eigenvalue weighted by Gasteiger charge is -2.11. The molecule has 1 amide bonds. The Hall–Kier alpha value is -0.650. The highest BCUT2D eigenvalue weighted by atomic mass is 16.5. The second-order valence-electron chi connectivity index (χ2n) is 3.73. The van der Waals surface area contributed by atoms with Crippen LogP contribution in [0.3, 0.4) is 0 Å². The van der Waals surface area contributed by atoms with Crippen molar-refractivity contribution >= 4 is 5.91 Å². The van der Waals surface area contributed by atoms with E-state index >= 15 is 0 Å². The van der Waals surface area contributed by atoms with E-state index in [2.05, 4.69) is 5.32 Å². The molecule has 0 rings (SSSR count). The maximum Gasteiger partial charge on any atom is 0.237 e. The third kappa shape index (κ3) is 8.64. The summed E-state index contributed by atoms with van der Waals surface area (Å²) in [4.78, 5) is 11.4. The van der Waals surface area contributed by atoms with Crippen molar-refractivity contribution in [3.8, 4) is 0 Å². The molecule has 1 unspecified atom stereocenters. The maximum atomic E-state index is 11.4. The highest BCUT2D eigenvalue weighted by Gasteiger charge is 2.11. The molecule has 5 nitrogen and oxygen atoms in total. The van der Waals surface area contributed by atoms with E-state index in [-0.39, 0.29) is 5.91 Å². The molecule has 3 N–H and O–H groups in total. The van der Waals surface area contributed by atoms with Gasteiger partial charge in [0.25, 0.3) is 0 Å². The lowest BCUT2D eigenvalue weighted by Crippen LogP contribution is -2.41. The average Bonchev–Trinajstić information content (AvgIpc) is 2.30. The summed E-state index contributed by atoms with van der Waals surface area (Å²) >= 11 is 0. The van der Waals surface area contributed by atoms with E-state index in [1.807, 2.05) is 0 Å². The minimum atomic E-state index is -0.459. The SMILES string of the molecule is COCCCCCNC(=O)C(N)CCOC. The van der Waals surface area contributed by atoms with E-state index in [0.717, 1.165) is 25.9 Å². The van der Waals surface area contributed by atoms with Gasteiger partial charge in [-0.2, -0.15) is 0 Å². The molecule has 0 saturated carbocycles. The predicted molar refractivity (Wildman–Crippen MR) is 63.2 cm³/mol. The van der Waals surface area contributed by atoms with Crippen LogP contribution in [0.25, 0.3) is 0 Å². The van der Waals surface area contributed by atoms with Crippen molar-refractivity contribution in [2.24, 2.45) is 5.73 Å². The molecule has 0 heterocycles. The van der Waals surface area contributed by atoms with Crippen molar-refractivity contribution in [3.05, 3.63) is 0 Å². The lowest BCUT2D eigenvalue weighted by atomic mass is 10.2. The Kier molecular flexibility index (Phi) is 10.4. The highest BCUT2D eigenvalue weighted by molar-refractivity contribution is 5.81. The van der Waals surface area contributed by atoms with Crippen LogP contribution < -0.4 is 11.1 Å². The number of ether oxygens (including phenoxy) is 2. The number of unbranched alkanes of at least 4 members (excludes halogenated alkanes) is 2. The van der Waals surface area contributed by atoms with Crippen LogP contribution in [-0.2, 0) is 14.3 Å². The zero-order valence-electron chi connectivity index (χ0n) is 10.3. The number of hydrogen-bond acceptors (Lipinski definition) is 4. The Morgan fingerprint density at radius 3 is 2.50 bits per heavy atom. The second kappa shape index (κ2) is 10.9. The van der Waals surface area contributed by atoms with Gasteiger partial charge in [0.05, 0.1) is 6.04 Å². The Morgan fingerprint density at radius 2 is 1.88 bits per heavy atom. The number of hydrogen-bond donors (Lipinski definition) is 2. The summed E-state index contributed by atoms with van der Waals surface area (Å²) in [5.74, 6) is -0.0937. The minimum absolute atomic E-state index is 0.0937. The largest absolute Gasteiger partial charge is 0.385 e. The fourth-order valence-electron chi connectivity index (χ4n) is 1.27. The van der Waals surface area contributed by atoms with Gasteiger partial charge in [-0.15, -0.1) is 0 Å². The van der Waals surface area contributed by atoms with E-state index in [0.29, 0.717) is 19.6 Å². The van der Waals surface area contributed by atoms with E-state index in [4.69, 9.17) is 15.2 Å². The zero-order chi connectivity index (χ0) is 12.2. The van der Waals surface area contributed by atoms with Crippen molar-refractivity contribution in [1.29, 1.82) is 0 Å². The van der Waals surface area contributed by atoms with Crippen molar-refractivity contribution in [3.63, 3.8) is 0 Å². The molecule has 0 spiro atoms. The zero-order valence-corrected chi connectivity index (χ0v) is 10.3. The maximum absolute atomic E-state index is 11.4. The van der Waals surface area contributed by atoms with Crippen LogP contribution in [0, 0.1) is 0 Å². The third-order valence-corrected chi connectivity index (χ3v) is 2.29. The summed E-state index contributed by atoms with van der Waals surface area (Å²) in [6.45, 7) is 1.98. The summed E-state index contributed by atoms with van der Waals surface area (Å²) in [5, 5.41) is 2.81. The molecule has 0 fully saturated rings. The number of amides is 1. The van der Waals surface area contributed by atoms with E-state index in [9.17, 15) is 4.79 Å². The molecule has 0 aromatic rings. The van der Waals surface area contributed by atoms with Crippen LogP contribution >= 0.6 is 0 Å². The van der Waals surface area contributed by atoms with Crippen molar-refractivity contribution in [2.45, 2.75) is 31.7 Å². The van der Waals surface area contributed by atoms with Crippen molar-refractivity contribution < 1.29 is 14.3 Å². The predicted octanol–water partition coefficient (Wildman–Crippen LogP) is 0.283. The number of carbonyl (C=O) groups is 1. The number of rotatable bonds is 10. The summed E-state index contributed by atoms with van der Waals surface area (Å²) in [6, 6.07) is -0.459. The molecule has 5 heteroatoms. The molecule has 0 aromatic carbocycles. The molecule has 0 radical (unpaired) electrons. The number of carbonyl (C=O) groups excluding carboxylic acids is 1. The Labute approximate surface area is 97.7 Å². The highest BCUT2D eigenvalue weighted by Crippen LogP contribution is 1.94. The molecule has 96 valence electrons. The van der Waals surface area contributed by atoms with Gasteiger partial charge in [-0.3, -0.25) is 4.79 Å². The Balaban J connectivity index is 3.35. The first-order chi connectivity index (χ1) is 7.72. The monoisotopic (exact) mass is 232 g/mol. The molecule has 0 aliphatic heterocycles. The summed E-state index contributed by atoms with van der Waals surface area (Å²) in [7, 11) is 3.29. The van der Waals surface area contributed by atoms with Gasteiger partial charge >= 0.3 is 0 Å². The Morgan fingerprint density at radius 1 is 1.19 bits per heavy atom. The molecule has 0 aliphatic rings. The van der Waals surface area contributed by atoms with Crippen LogP contribution in [0.4, 0.5) is 0 Å². The van der Waals surface area contributed by atoms with Gasteiger partial charge in [0.2, 0.25) is 5.91 Å². The normalized spacial score (nSPS) is 12.4. The smallest absolute Gasteiger partial charge is 0.237 e. The molecular weight excluding hydrogens is 208 g/mol. The van der Waals surface area contributed by atoms with Gasteiger partial charge in [-0.25, -0.2) is 0 Å². The first-order valence-corrected chi connectivity index (χ1v) is 5.73. The lowest BCUT2D eigenvalue weighted by molar-refractivity contribution is -0.122. The van der Waals surface area contributed by atoms with Gasteiger partial charge in [-0.05, 0) is 25.7 Å². The Bertz CT molecular complexity index is 177. The van der Waals surface area contributed by atoms with Crippen LogP contribution in [0.2, 0.25) is 0 Å². The van der Waals surface area contributed by atoms with Gasteiger partial charge in [0.15, 0.2) is 0 Å². The standard InChI is InChI=1S/C11H24N2O3/c1-15-8-5-3-4-7-13-11(14)10(12)6-9-16-2/h10H,3-9,12H2,1-2H3,(H,13,14).